The molecule has 128 valence electrons. The van der Waals surface area contributed by atoms with Crippen LogP contribution in [0.4, 0.5) is 10.1 Å². The van der Waals surface area contributed by atoms with Crippen LogP contribution in [0.3, 0.4) is 0 Å². The van der Waals surface area contributed by atoms with Crippen molar-refractivity contribution in [3.05, 3.63) is 46.2 Å². The Kier molecular flexibility index (Phi) is 5.42. The van der Waals surface area contributed by atoms with Gasteiger partial charge in [0.15, 0.2) is 0 Å². The molecule has 3 rings (SSSR count). The SMILES string of the molecule is Cc1ncc(C(=O)NCCN2CCN(c3ccc(F)cc3)CC2)s1. The fourth-order valence-electron chi connectivity index (χ4n) is 2.76. The second-order valence-electron chi connectivity index (χ2n) is 5.80. The van der Waals surface area contributed by atoms with E-state index in [4.69, 9.17) is 0 Å². The van der Waals surface area contributed by atoms with Crippen molar-refractivity contribution < 1.29 is 9.18 Å². The molecule has 2 heterocycles. The number of thiazole rings is 1. The van der Waals surface area contributed by atoms with E-state index >= 15 is 0 Å². The van der Waals surface area contributed by atoms with Crippen molar-refractivity contribution in [2.45, 2.75) is 6.92 Å². The average molecular weight is 348 g/mol. The molecule has 1 saturated heterocycles. The van der Waals surface area contributed by atoms with E-state index in [2.05, 4.69) is 20.1 Å². The van der Waals surface area contributed by atoms with Crippen LogP contribution in [0, 0.1) is 12.7 Å². The number of carbonyl (C=O) groups excluding carboxylic acids is 1. The standard InChI is InChI=1S/C17H21FN4OS/c1-13-20-12-16(24-13)17(23)19-6-7-21-8-10-22(11-9-21)15-4-2-14(18)3-5-15/h2-5,12H,6-11H2,1H3,(H,19,23). The summed E-state index contributed by atoms with van der Waals surface area (Å²) in [5.41, 5.74) is 1.06. The van der Waals surface area contributed by atoms with Crippen molar-refractivity contribution >= 4 is 22.9 Å². The molecule has 1 aromatic carbocycles. The Balaban J connectivity index is 1.39. The molecule has 24 heavy (non-hydrogen) atoms. The molecule has 1 aromatic heterocycles. The van der Waals surface area contributed by atoms with Gasteiger partial charge in [0, 0.05) is 45.0 Å². The van der Waals surface area contributed by atoms with E-state index in [9.17, 15) is 9.18 Å². The topological polar surface area (TPSA) is 48.5 Å². The lowest BCUT2D eigenvalue weighted by atomic mass is 10.2. The van der Waals surface area contributed by atoms with Crippen molar-refractivity contribution in [3.63, 3.8) is 0 Å². The quantitative estimate of drug-likeness (QED) is 0.899. The van der Waals surface area contributed by atoms with Crippen LogP contribution in [0.2, 0.25) is 0 Å². The number of halogens is 1. The number of amides is 1. The van der Waals surface area contributed by atoms with Gasteiger partial charge >= 0.3 is 0 Å². The maximum atomic E-state index is 13.0. The summed E-state index contributed by atoms with van der Waals surface area (Å²) in [5.74, 6) is -0.255. The number of piperazine rings is 1. The van der Waals surface area contributed by atoms with Gasteiger partial charge in [0.05, 0.1) is 11.2 Å². The van der Waals surface area contributed by atoms with Gasteiger partial charge in [-0.25, -0.2) is 9.37 Å². The lowest BCUT2D eigenvalue weighted by molar-refractivity contribution is 0.0951. The molecule has 0 saturated carbocycles. The van der Waals surface area contributed by atoms with E-state index in [-0.39, 0.29) is 11.7 Å². The molecule has 5 nitrogen and oxygen atoms in total. The Labute approximate surface area is 145 Å². The number of benzene rings is 1. The third-order valence-electron chi connectivity index (χ3n) is 4.12. The maximum absolute atomic E-state index is 13.0. The molecular formula is C17H21FN4OS. The molecule has 1 fully saturated rings. The number of hydrogen-bond donors (Lipinski definition) is 1. The highest BCUT2D eigenvalue weighted by Gasteiger charge is 2.17. The molecule has 0 aliphatic carbocycles. The van der Waals surface area contributed by atoms with Crippen LogP contribution < -0.4 is 10.2 Å². The summed E-state index contributed by atoms with van der Waals surface area (Å²) >= 11 is 1.41. The fourth-order valence-corrected chi connectivity index (χ4v) is 3.46. The highest BCUT2D eigenvalue weighted by molar-refractivity contribution is 7.13. The van der Waals surface area contributed by atoms with E-state index in [1.54, 1.807) is 6.20 Å². The van der Waals surface area contributed by atoms with Gasteiger partial charge < -0.3 is 10.2 Å². The van der Waals surface area contributed by atoms with E-state index in [1.165, 1.54) is 23.5 Å². The third-order valence-corrected chi connectivity index (χ3v) is 5.03. The van der Waals surface area contributed by atoms with Gasteiger partial charge in [0.1, 0.15) is 10.7 Å². The summed E-state index contributed by atoms with van der Waals surface area (Å²) in [5, 5.41) is 3.84. The van der Waals surface area contributed by atoms with E-state index in [0.29, 0.717) is 11.4 Å². The molecule has 1 aliphatic heterocycles. The number of carbonyl (C=O) groups is 1. The zero-order valence-corrected chi connectivity index (χ0v) is 14.5. The number of aromatic nitrogens is 1. The monoisotopic (exact) mass is 348 g/mol. The van der Waals surface area contributed by atoms with Crippen molar-refractivity contribution in [1.29, 1.82) is 0 Å². The highest BCUT2D eigenvalue weighted by atomic mass is 32.1. The minimum absolute atomic E-state index is 0.0504. The molecule has 2 aromatic rings. The first-order valence-electron chi connectivity index (χ1n) is 8.05. The zero-order chi connectivity index (χ0) is 16.9. The zero-order valence-electron chi connectivity index (χ0n) is 13.7. The Hall–Kier alpha value is -1.99. The summed E-state index contributed by atoms with van der Waals surface area (Å²) in [7, 11) is 0. The molecule has 1 aliphatic rings. The van der Waals surface area contributed by atoms with Crippen molar-refractivity contribution in [2.75, 3.05) is 44.2 Å². The van der Waals surface area contributed by atoms with Crippen LogP contribution in [0.25, 0.3) is 0 Å². The average Bonchev–Trinajstić information content (AvgIpc) is 3.03. The van der Waals surface area contributed by atoms with Gasteiger partial charge in [-0.15, -0.1) is 11.3 Å². The number of nitrogens with one attached hydrogen (secondary N) is 1. The Morgan fingerprint density at radius 2 is 1.96 bits per heavy atom. The second-order valence-corrected chi connectivity index (χ2v) is 7.04. The summed E-state index contributed by atoms with van der Waals surface area (Å²) < 4.78 is 13.0. The van der Waals surface area contributed by atoms with Crippen LogP contribution in [0.15, 0.2) is 30.5 Å². The molecule has 0 spiro atoms. The molecule has 0 atom stereocenters. The minimum atomic E-state index is -0.204. The predicted molar refractivity (Wildman–Crippen MR) is 94.2 cm³/mol. The largest absolute Gasteiger partial charge is 0.369 e. The van der Waals surface area contributed by atoms with Gasteiger partial charge in [-0.2, -0.15) is 0 Å². The molecule has 0 radical (unpaired) electrons. The van der Waals surface area contributed by atoms with Crippen molar-refractivity contribution in [3.8, 4) is 0 Å². The molecule has 1 N–H and O–H groups in total. The number of nitrogens with zero attached hydrogens (tertiary/aromatic N) is 3. The second kappa shape index (κ2) is 7.72. The van der Waals surface area contributed by atoms with Crippen molar-refractivity contribution in [1.82, 2.24) is 15.2 Å². The van der Waals surface area contributed by atoms with Gasteiger partial charge in [-0.05, 0) is 31.2 Å². The van der Waals surface area contributed by atoms with Crippen LogP contribution in [0.1, 0.15) is 14.7 Å². The Morgan fingerprint density at radius 1 is 1.25 bits per heavy atom. The lowest BCUT2D eigenvalue weighted by Crippen LogP contribution is -2.48. The molecule has 0 unspecified atom stereocenters. The van der Waals surface area contributed by atoms with Gasteiger partial charge in [0.25, 0.3) is 5.91 Å². The summed E-state index contributed by atoms with van der Waals surface area (Å²) in [6.07, 6.45) is 1.62. The number of anilines is 1. The minimum Gasteiger partial charge on any atom is -0.369 e. The predicted octanol–water partition coefficient (Wildman–Crippen LogP) is 2.14. The number of aryl methyl sites for hydroxylation is 1. The molecule has 7 heteroatoms. The summed E-state index contributed by atoms with van der Waals surface area (Å²) in [6, 6.07) is 6.64. The summed E-state index contributed by atoms with van der Waals surface area (Å²) in [4.78, 5) is 21.3. The van der Waals surface area contributed by atoms with E-state index in [0.717, 1.165) is 43.4 Å². The lowest BCUT2D eigenvalue weighted by Gasteiger charge is -2.36. The normalized spacial score (nSPS) is 15.5. The first-order valence-corrected chi connectivity index (χ1v) is 8.87. The highest BCUT2D eigenvalue weighted by Crippen LogP contribution is 2.16. The van der Waals surface area contributed by atoms with E-state index < -0.39 is 0 Å². The van der Waals surface area contributed by atoms with Crippen LogP contribution in [0.5, 0.6) is 0 Å². The Morgan fingerprint density at radius 3 is 2.58 bits per heavy atom. The van der Waals surface area contributed by atoms with E-state index in [1.807, 2.05) is 19.1 Å². The van der Waals surface area contributed by atoms with Gasteiger partial charge in [0.2, 0.25) is 0 Å². The van der Waals surface area contributed by atoms with Crippen LogP contribution in [-0.2, 0) is 0 Å². The fraction of sp³-hybridized carbons (Fsp3) is 0.412. The number of rotatable bonds is 5. The van der Waals surface area contributed by atoms with Gasteiger partial charge in [-0.3, -0.25) is 9.69 Å². The van der Waals surface area contributed by atoms with Crippen LogP contribution >= 0.6 is 11.3 Å². The summed E-state index contributed by atoms with van der Waals surface area (Å²) in [6.45, 7) is 7.05. The van der Waals surface area contributed by atoms with Crippen molar-refractivity contribution in [2.24, 2.45) is 0 Å². The molecule has 0 bridgehead atoms. The first kappa shape index (κ1) is 16.9. The Bertz CT molecular complexity index is 680. The van der Waals surface area contributed by atoms with Crippen LogP contribution in [-0.4, -0.2) is 55.1 Å². The maximum Gasteiger partial charge on any atom is 0.263 e. The van der Waals surface area contributed by atoms with Gasteiger partial charge in [-0.1, -0.05) is 0 Å². The first-order chi connectivity index (χ1) is 11.6. The number of hydrogen-bond acceptors (Lipinski definition) is 5. The molecular weight excluding hydrogens is 327 g/mol. The smallest absolute Gasteiger partial charge is 0.263 e. The third kappa shape index (κ3) is 4.30. The molecule has 1 amide bonds.